The molecule has 0 saturated carbocycles. The fraction of sp³-hybridized carbons (Fsp3) is 0.211. The predicted molar refractivity (Wildman–Crippen MR) is 103 cm³/mol. The Bertz CT molecular complexity index is 948. The van der Waals surface area contributed by atoms with Crippen molar-refractivity contribution >= 4 is 44.4 Å². The lowest BCUT2D eigenvalue weighted by atomic mass is 10.1. The van der Waals surface area contributed by atoms with Crippen LogP contribution in [0.25, 0.3) is 16.6 Å². The Kier molecular flexibility index (Phi) is 5.06. The van der Waals surface area contributed by atoms with Crippen LogP contribution in [0.3, 0.4) is 0 Å². The second kappa shape index (κ2) is 7.10. The SMILES string of the molecule is CCOC(=O)c1c(C)n(-c2ccc(Cl)cc2)c2cc(OC)c(Br)cc12. The van der Waals surface area contributed by atoms with Crippen LogP contribution in [0.2, 0.25) is 5.02 Å². The number of carbonyl (C=O) groups excluding carboxylic acids is 1. The number of methoxy groups -OCH3 is 1. The monoisotopic (exact) mass is 421 g/mol. The maximum atomic E-state index is 12.5. The number of fused-ring (bicyclic) bond motifs is 1. The molecule has 0 aliphatic rings. The molecule has 3 aromatic rings. The number of ether oxygens (including phenoxy) is 2. The number of aromatic nitrogens is 1. The standard InChI is InChI=1S/C19H17BrClNO3/c1-4-25-19(23)18-11(2)22(13-7-5-12(21)6-8-13)16-10-17(24-3)15(20)9-14(16)18/h5-10H,4H2,1-3H3. The molecule has 1 aromatic heterocycles. The first-order valence-electron chi connectivity index (χ1n) is 7.79. The summed E-state index contributed by atoms with van der Waals surface area (Å²) in [6, 6.07) is 11.3. The number of rotatable bonds is 4. The van der Waals surface area contributed by atoms with Gasteiger partial charge in [0.1, 0.15) is 5.75 Å². The van der Waals surface area contributed by atoms with Gasteiger partial charge < -0.3 is 14.0 Å². The molecule has 0 aliphatic carbocycles. The number of esters is 1. The Morgan fingerprint density at radius 3 is 2.52 bits per heavy atom. The molecule has 0 amide bonds. The minimum Gasteiger partial charge on any atom is -0.495 e. The molecule has 130 valence electrons. The van der Waals surface area contributed by atoms with Gasteiger partial charge in [-0.1, -0.05) is 11.6 Å². The smallest absolute Gasteiger partial charge is 0.340 e. The third-order valence-electron chi connectivity index (χ3n) is 4.04. The molecular weight excluding hydrogens is 406 g/mol. The lowest BCUT2D eigenvalue weighted by Crippen LogP contribution is -2.07. The number of carbonyl (C=O) groups is 1. The summed E-state index contributed by atoms with van der Waals surface area (Å²) in [5.41, 5.74) is 3.13. The zero-order valence-electron chi connectivity index (χ0n) is 14.1. The van der Waals surface area contributed by atoms with Crippen LogP contribution in [0.4, 0.5) is 0 Å². The predicted octanol–water partition coefficient (Wildman–Crippen LogP) is 5.54. The van der Waals surface area contributed by atoms with Crippen molar-refractivity contribution in [2.75, 3.05) is 13.7 Å². The Hall–Kier alpha value is -1.98. The van der Waals surface area contributed by atoms with Crippen molar-refractivity contribution in [3.8, 4) is 11.4 Å². The summed E-state index contributed by atoms with van der Waals surface area (Å²) in [4.78, 5) is 12.5. The summed E-state index contributed by atoms with van der Waals surface area (Å²) in [5, 5.41) is 1.46. The van der Waals surface area contributed by atoms with Crippen molar-refractivity contribution in [2.45, 2.75) is 13.8 Å². The first-order chi connectivity index (χ1) is 12.0. The van der Waals surface area contributed by atoms with E-state index in [-0.39, 0.29) is 5.97 Å². The van der Waals surface area contributed by atoms with Crippen LogP contribution in [0.15, 0.2) is 40.9 Å². The van der Waals surface area contributed by atoms with Crippen LogP contribution in [0.5, 0.6) is 5.75 Å². The quantitative estimate of drug-likeness (QED) is 0.518. The summed E-state index contributed by atoms with van der Waals surface area (Å²) in [5.74, 6) is 0.352. The molecule has 0 saturated heterocycles. The highest BCUT2D eigenvalue weighted by molar-refractivity contribution is 9.10. The zero-order valence-corrected chi connectivity index (χ0v) is 16.4. The molecule has 0 unspecified atom stereocenters. The molecule has 1 heterocycles. The summed E-state index contributed by atoms with van der Waals surface area (Å²) in [6.07, 6.45) is 0. The number of benzene rings is 2. The normalized spacial score (nSPS) is 10.9. The molecule has 3 rings (SSSR count). The molecular formula is C19H17BrClNO3. The van der Waals surface area contributed by atoms with Crippen LogP contribution < -0.4 is 4.74 Å². The van der Waals surface area contributed by atoms with Gasteiger partial charge >= 0.3 is 5.97 Å². The number of halogens is 2. The number of nitrogens with zero attached hydrogens (tertiary/aromatic N) is 1. The third-order valence-corrected chi connectivity index (χ3v) is 4.91. The summed E-state index contributed by atoms with van der Waals surface area (Å²) < 4.78 is 13.5. The molecule has 4 nitrogen and oxygen atoms in total. The molecule has 0 radical (unpaired) electrons. The molecule has 6 heteroatoms. The Labute approximate surface area is 159 Å². The van der Waals surface area contributed by atoms with Crippen molar-refractivity contribution in [2.24, 2.45) is 0 Å². The second-order valence-electron chi connectivity index (χ2n) is 5.50. The van der Waals surface area contributed by atoms with Crippen molar-refractivity contribution in [3.05, 3.63) is 57.2 Å². The van der Waals surface area contributed by atoms with Crippen molar-refractivity contribution < 1.29 is 14.3 Å². The van der Waals surface area contributed by atoms with Gasteiger partial charge in [0.2, 0.25) is 0 Å². The van der Waals surface area contributed by atoms with Crippen LogP contribution >= 0.6 is 27.5 Å². The number of hydrogen-bond donors (Lipinski definition) is 0. The maximum absolute atomic E-state index is 12.5. The molecule has 0 spiro atoms. The molecule has 2 aromatic carbocycles. The van der Waals surface area contributed by atoms with Crippen molar-refractivity contribution in [1.82, 2.24) is 4.57 Å². The van der Waals surface area contributed by atoms with E-state index < -0.39 is 0 Å². The Balaban J connectivity index is 2.36. The van der Waals surface area contributed by atoms with E-state index in [1.807, 2.05) is 47.9 Å². The van der Waals surface area contributed by atoms with E-state index in [1.165, 1.54) is 0 Å². The van der Waals surface area contributed by atoms with Gasteiger partial charge in [-0.25, -0.2) is 4.79 Å². The van der Waals surface area contributed by atoms with Crippen LogP contribution in [0.1, 0.15) is 23.0 Å². The molecule has 0 bridgehead atoms. The molecule has 0 aliphatic heterocycles. The average Bonchev–Trinajstić information content (AvgIpc) is 2.86. The van der Waals surface area contributed by atoms with Crippen molar-refractivity contribution in [3.63, 3.8) is 0 Å². The molecule has 0 N–H and O–H groups in total. The summed E-state index contributed by atoms with van der Waals surface area (Å²) >= 11 is 9.51. The topological polar surface area (TPSA) is 40.5 Å². The highest BCUT2D eigenvalue weighted by Crippen LogP contribution is 2.37. The first-order valence-corrected chi connectivity index (χ1v) is 8.96. The average molecular weight is 423 g/mol. The molecule has 0 fully saturated rings. The van der Waals surface area contributed by atoms with E-state index in [0.29, 0.717) is 22.9 Å². The highest BCUT2D eigenvalue weighted by Gasteiger charge is 2.23. The van der Waals surface area contributed by atoms with E-state index in [4.69, 9.17) is 21.1 Å². The minimum absolute atomic E-state index is 0.323. The minimum atomic E-state index is -0.338. The Morgan fingerprint density at radius 1 is 1.24 bits per heavy atom. The van der Waals surface area contributed by atoms with Gasteiger partial charge in [0, 0.05) is 27.9 Å². The van der Waals surface area contributed by atoms with Gasteiger partial charge in [0.05, 0.1) is 29.3 Å². The van der Waals surface area contributed by atoms with E-state index in [1.54, 1.807) is 14.0 Å². The van der Waals surface area contributed by atoms with Gasteiger partial charge in [-0.05, 0) is 60.1 Å². The van der Waals surface area contributed by atoms with Crippen LogP contribution in [0, 0.1) is 6.92 Å². The largest absolute Gasteiger partial charge is 0.495 e. The van der Waals surface area contributed by atoms with E-state index in [2.05, 4.69) is 15.9 Å². The summed E-state index contributed by atoms with van der Waals surface area (Å²) in [6.45, 7) is 4.02. The van der Waals surface area contributed by atoms with Gasteiger partial charge in [0.25, 0.3) is 0 Å². The van der Waals surface area contributed by atoms with Gasteiger partial charge in [-0.2, -0.15) is 0 Å². The van der Waals surface area contributed by atoms with Gasteiger partial charge in [-0.15, -0.1) is 0 Å². The van der Waals surface area contributed by atoms with E-state index in [9.17, 15) is 4.79 Å². The Morgan fingerprint density at radius 2 is 1.92 bits per heavy atom. The molecule has 0 atom stereocenters. The fourth-order valence-corrected chi connectivity index (χ4v) is 3.59. The zero-order chi connectivity index (χ0) is 18.1. The van der Waals surface area contributed by atoms with E-state index >= 15 is 0 Å². The molecule has 25 heavy (non-hydrogen) atoms. The van der Waals surface area contributed by atoms with E-state index in [0.717, 1.165) is 26.8 Å². The third kappa shape index (κ3) is 3.14. The lowest BCUT2D eigenvalue weighted by Gasteiger charge is -2.10. The van der Waals surface area contributed by atoms with Gasteiger partial charge in [-0.3, -0.25) is 0 Å². The van der Waals surface area contributed by atoms with Crippen LogP contribution in [-0.2, 0) is 4.74 Å². The van der Waals surface area contributed by atoms with Crippen LogP contribution in [-0.4, -0.2) is 24.3 Å². The lowest BCUT2D eigenvalue weighted by molar-refractivity contribution is 0.0527. The highest BCUT2D eigenvalue weighted by atomic mass is 79.9. The number of hydrogen-bond acceptors (Lipinski definition) is 3. The van der Waals surface area contributed by atoms with Gasteiger partial charge in [0.15, 0.2) is 0 Å². The maximum Gasteiger partial charge on any atom is 0.340 e. The van der Waals surface area contributed by atoms with Crippen molar-refractivity contribution in [1.29, 1.82) is 0 Å². The summed E-state index contributed by atoms with van der Waals surface area (Å²) in [7, 11) is 1.61. The fourth-order valence-electron chi connectivity index (χ4n) is 2.96. The first kappa shape index (κ1) is 17.8. The second-order valence-corrected chi connectivity index (χ2v) is 6.79.